The zero-order valence-corrected chi connectivity index (χ0v) is 16.1. The quantitative estimate of drug-likeness (QED) is 0.503. The average Bonchev–Trinajstić information content (AvgIpc) is 2.71. The van der Waals surface area contributed by atoms with E-state index in [9.17, 15) is 13.2 Å². The molecule has 3 aromatic rings. The zero-order chi connectivity index (χ0) is 21.2. The minimum Gasteiger partial charge on any atom is -0.480 e. The molecule has 0 unspecified atom stereocenters. The number of aromatic nitrogens is 5. The van der Waals surface area contributed by atoms with Crippen molar-refractivity contribution in [1.82, 2.24) is 24.9 Å². The number of nitrogens with one attached hydrogen (secondary N) is 1. The fourth-order valence-corrected chi connectivity index (χ4v) is 2.54. The van der Waals surface area contributed by atoms with Crippen LogP contribution < -0.4 is 20.9 Å². The zero-order valence-electron chi connectivity index (χ0n) is 14.5. The molecule has 0 fully saturated rings. The molecule has 0 bridgehead atoms. The summed E-state index contributed by atoms with van der Waals surface area (Å²) >= 11 is 6.65. The fraction of sp³-hybridized carbons (Fsp3) is 0.133. The number of rotatable bonds is 5. The third-order valence-corrected chi connectivity index (χ3v) is 4.44. The van der Waals surface area contributed by atoms with Gasteiger partial charge in [-0.05, 0) is 18.0 Å². The second kappa shape index (κ2) is 8.23. The number of nitrogens with two attached hydrogens (primary N) is 2. The van der Waals surface area contributed by atoms with Gasteiger partial charge < -0.3 is 15.8 Å². The van der Waals surface area contributed by atoms with Crippen molar-refractivity contribution in [2.45, 2.75) is 6.18 Å². The maximum absolute atomic E-state index is 12.9. The van der Waals surface area contributed by atoms with Gasteiger partial charge in [0.2, 0.25) is 11.8 Å². The summed E-state index contributed by atoms with van der Waals surface area (Å²) in [6, 6.07) is 1.53. The summed E-state index contributed by atoms with van der Waals surface area (Å²) in [7, 11) is 1.08. The molecule has 0 aliphatic heterocycles. The molecule has 29 heavy (non-hydrogen) atoms. The molecule has 0 atom stereocenters. The van der Waals surface area contributed by atoms with Crippen molar-refractivity contribution in [3.8, 4) is 5.88 Å². The van der Waals surface area contributed by atoms with Crippen molar-refractivity contribution in [3.05, 3.63) is 40.3 Å². The summed E-state index contributed by atoms with van der Waals surface area (Å²) in [5.74, 6) is -0.746. The largest absolute Gasteiger partial charge is 0.480 e. The van der Waals surface area contributed by atoms with Crippen molar-refractivity contribution in [3.63, 3.8) is 0 Å². The number of pyridine rings is 1. The minimum atomic E-state index is -4.65. The molecular weight excluding hydrogens is 433 g/mol. The lowest BCUT2D eigenvalue weighted by molar-refractivity contribution is -0.139. The molecule has 0 saturated heterocycles. The SMILES string of the molecule is COc1nc(Nc2ccnc3nc(/C(N)=C(\Cl)SN)cnc23)ncc1C(F)(F)F. The maximum atomic E-state index is 12.9. The van der Waals surface area contributed by atoms with Crippen molar-refractivity contribution in [2.24, 2.45) is 10.9 Å². The average molecular weight is 445 g/mol. The van der Waals surface area contributed by atoms with Crippen LogP contribution in [0.25, 0.3) is 16.9 Å². The van der Waals surface area contributed by atoms with E-state index in [-0.39, 0.29) is 27.4 Å². The van der Waals surface area contributed by atoms with E-state index in [2.05, 4.69) is 30.2 Å². The van der Waals surface area contributed by atoms with E-state index in [1.807, 2.05) is 0 Å². The van der Waals surface area contributed by atoms with Crippen LogP contribution >= 0.6 is 23.5 Å². The molecule has 0 aliphatic rings. The first kappa shape index (κ1) is 20.8. The molecule has 0 saturated carbocycles. The van der Waals surface area contributed by atoms with Gasteiger partial charge in [-0.15, -0.1) is 0 Å². The lowest BCUT2D eigenvalue weighted by Crippen LogP contribution is -2.11. The van der Waals surface area contributed by atoms with E-state index < -0.39 is 17.6 Å². The maximum Gasteiger partial charge on any atom is 0.423 e. The first-order valence-corrected chi connectivity index (χ1v) is 8.89. The fourth-order valence-electron chi connectivity index (χ4n) is 2.21. The lowest BCUT2D eigenvalue weighted by Gasteiger charge is -2.12. The Kier molecular flexibility index (Phi) is 5.91. The number of ether oxygens (including phenoxy) is 1. The molecule has 0 spiro atoms. The van der Waals surface area contributed by atoms with Gasteiger partial charge >= 0.3 is 6.18 Å². The van der Waals surface area contributed by atoms with Crippen LogP contribution in [0.3, 0.4) is 0 Å². The predicted octanol–water partition coefficient (Wildman–Crippen LogP) is 3.02. The van der Waals surface area contributed by atoms with Crippen molar-refractivity contribution >= 4 is 52.0 Å². The van der Waals surface area contributed by atoms with Crippen LogP contribution in [0.5, 0.6) is 5.88 Å². The summed E-state index contributed by atoms with van der Waals surface area (Å²) in [6.07, 6.45) is -1.24. The standard InChI is InChI=1S/C15H12ClF3N8OS/c1-28-13-6(15(17,18)19)4-24-14(27-13)26-7-2-3-22-12-10(7)23-5-8(25-12)9(20)11(16)29-21/h2-5H,20-21H2,1H3,(H,22,24,25,26,27)/b11-9-. The van der Waals surface area contributed by atoms with Gasteiger partial charge in [-0.1, -0.05) is 11.6 Å². The van der Waals surface area contributed by atoms with E-state index in [0.717, 1.165) is 19.1 Å². The van der Waals surface area contributed by atoms with Gasteiger partial charge in [0.15, 0.2) is 5.65 Å². The summed E-state index contributed by atoms with van der Waals surface area (Å²) in [4.78, 5) is 20.0. The molecule has 0 amide bonds. The van der Waals surface area contributed by atoms with Gasteiger partial charge in [-0.25, -0.2) is 19.9 Å². The van der Waals surface area contributed by atoms with Gasteiger partial charge in [0.05, 0.1) is 24.7 Å². The number of alkyl halides is 3. The first-order valence-electron chi connectivity index (χ1n) is 7.64. The Morgan fingerprint density at radius 1 is 1.21 bits per heavy atom. The van der Waals surface area contributed by atoms with Crippen LogP contribution in [-0.4, -0.2) is 32.0 Å². The highest BCUT2D eigenvalue weighted by molar-refractivity contribution is 8.02. The second-order valence-electron chi connectivity index (χ2n) is 5.33. The molecule has 3 rings (SSSR count). The van der Waals surface area contributed by atoms with E-state index in [4.69, 9.17) is 27.2 Å². The Morgan fingerprint density at radius 3 is 2.62 bits per heavy atom. The molecule has 0 radical (unpaired) electrons. The minimum absolute atomic E-state index is 0.129. The van der Waals surface area contributed by atoms with Crippen LogP contribution in [0.1, 0.15) is 11.3 Å². The number of halogens is 4. The normalized spacial score (nSPS) is 12.6. The van der Waals surface area contributed by atoms with E-state index in [1.165, 1.54) is 18.5 Å². The molecular formula is C15H12ClF3N8OS. The van der Waals surface area contributed by atoms with Crippen molar-refractivity contribution in [1.29, 1.82) is 0 Å². The van der Waals surface area contributed by atoms with Gasteiger partial charge in [-0.3, -0.25) is 5.14 Å². The highest BCUT2D eigenvalue weighted by Gasteiger charge is 2.36. The number of fused-ring (bicyclic) bond motifs is 1. The van der Waals surface area contributed by atoms with Crippen LogP contribution in [0.4, 0.5) is 24.8 Å². The predicted molar refractivity (Wildman–Crippen MR) is 103 cm³/mol. The second-order valence-corrected chi connectivity index (χ2v) is 6.58. The summed E-state index contributed by atoms with van der Waals surface area (Å²) in [5.41, 5.74) is 6.03. The highest BCUT2D eigenvalue weighted by Crippen LogP contribution is 2.35. The molecule has 9 nitrogen and oxygen atoms in total. The van der Waals surface area contributed by atoms with Gasteiger partial charge in [0.25, 0.3) is 0 Å². The molecule has 3 aromatic heterocycles. The Hall–Kier alpha value is -2.90. The molecule has 0 aromatic carbocycles. The third-order valence-electron chi connectivity index (χ3n) is 3.54. The molecule has 152 valence electrons. The topological polar surface area (TPSA) is 138 Å². The summed E-state index contributed by atoms with van der Waals surface area (Å²) < 4.78 is 43.7. The molecule has 3 heterocycles. The monoisotopic (exact) mass is 444 g/mol. The molecule has 5 N–H and O–H groups in total. The van der Waals surface area contributed by atoms with Crippen LogP contribution in [0.2, 0.25) is 0 Å². The van der Waals surface area contributed by atoms with E-state index in [1.54, 1.807) is 0 Å². The van der Waals surface area contributed by atoms with Crippen LogP contribution in [-0.2, 0) is 6.18 Å². The third kappa shape index (κ3) is 4.41. The Labute approximate surface area is 170 Å². The summed E-state index contributed by atoms with van der Waals surface area (Å²) in [5, 5.41) is 8.15. The van der Waals surface area contributed by atoms with E-state index >= 15 is 0 Å². The first-order chi connectivity index (χ1) is 13.7. The molecule has 0 aliphatic carbocycles. The number of nitrogens with zero attached hydrogens (tertiary/aromatic N) is 5. The Morgan fingerprint density at radius 2 is 1.97 bits per heavy atom. The number of anilines is 2. The summed E-state index contributed by atoms with van der Waals surface area (Å²) in [6.45, 7) is 0. The van der Waals surface area contributed by atoms with Gasteiger partial charge in [0.1, 0.15) is 21.1 Å². The number of methoxy groups -OCH3 is 1. The highest BCUT2D eigenvalue weighted by atomic mass is 35.5. The Balaban J connectivity index is 1.99. The van der Waals surface area contributed by atoms with Crippen molar-refractivity contribution in [2.75, 3.05) is 12.4 Å². The van der Waals surface area contributed by atoms with E-state index in [0.29, 0.717) is 17.4 Å². The van der Waals surface area contributed by atoms with Gasteiger partial charge in [-0.2, -0.15) is 18.2 Å². The number of hydrogen-bond acceptors (Lipinski definition) is 10. The van der Waals surface area contributed by atoms with Crippen LogP contribution in [0.15, 0.2) is 29.0 Å². The van der Waals surface area contributed by atoms with Crippen LogP contribution in [0, 0.1) is 0 Å². The van der Waals surface area contributed by atoms with Crippen molar-refractivity contribution < 1.29 is 17.9 Å². The smallest absolute Gasteiger partial charge is 0.423 e. The molecule has 14 heteroatoms. The Bertz CT molecular complexity index is 1090. The lowest BCUT2D eigenvalue weighted by atomic mass is 10.3. The number of hydrogen-bond donors (Lipinski definition) is 3. The van der Waals surface area contributed by atoms with Gasteiger partial charge in [0, 0.05) is 12.4 Å².